The number of likely N-dealkylation sites (tertiary alicyclic amines) is 2. The fraction of sp³-hybridized carbons (Fsp3) is 0.633. The van der Waals surface area contributed by atoms with E-state index in [0.717, 1.165) is 18.4 Å². The molecule has 2 aliphatic rings. The molecule has 1 aromatic rings. The van der Waals surface area contributed by atoms with Crippen LogP contribution in [0.3, 0.4) is 0 Å². The van der Waals surface area contributed by atoms with Gasteiger partial charge in [-0.15, -0.1) is 0 Å². The first-order chi connectivity index (χ1) is 19.9. The van der Waals surface area contributed by atoms with Crippen LogP contribution in [0.15, 0.2) is 30.3 Å². The van der Waals surface area contributed by atoms with Crippen molar-refractivity contribution in [2.24, 2.45) is 17.1 Å². The highest BCUT2D eigenvalue weighted by atomic mass is 16.6. The maximum Gasteiger partial charge on any atom is 0.410 e. The Morgan fingerprint density at radius 2 is 1.52 bits per heavy atom. The van der Waals surface area contributed by atoms with Crippen LogP contribution in [0.1, 0.15) is 52.5 Å². The van der Waals surface area contributed by atoms with Crippen molar-refractivity contribution in [1.29, 1.82) is 0 Å². The molecule has 12 nitrogen and oxygen atoms in total. The van der Waals surface area contributed by atoms with E-state index in [4.69, 9.17) is 10.5 Å². The molecule has 1 aromatic carbocycles. The second-order valence-electron chi connectivity index (χ2n) is 12.2. The van der Waals surface area contributed by atoms with Gasteiger partial charge in [-0.3, -0.25) is 19.2 Å². The van der Waals surface area contributed by atoms with Gasteiger partial charge >= 0.3 is 6.09 Å². The van der Waals surface area contributed by atoms with Gasteiger partial charge in [0, 0.05) is 31.6 Å². The van der Waals surface area contributed by atoms with Crippen LogP contribution in [-0.2, 0) is 30.3 Å². The Morgan fingerprint density at radius 3 is 2.12 bits per heavy atom. The zero-order valence-corrected chi connectivity index (χ0v) is 25.2. The van der Waals surface area contributed by atoms with Gasteiger partial charge in [0.1, 0.15) is 6.04 Å². The molecular formula is C30H46N6O6. The Bertz CT molecular complexity index is 1090. The predicted molar refractivity (Wildman–Crippen MR) is 157 cm³/mol. The van der Waals surface area contributed by atoms with E-state index >= 15 is 0 Å². The van der Waals surface area contributed by atoms with Crippen LogP contribution in [0.25, 0.3) is 0 Å². The lowest BCUT2D eigenvalue weighted by atomic mass is 9.72. The van der Waals surface area contributed by atoms with Crippen molar-refractivity contribution in [3.8, 4) is 0 Å². The van der Waals surface area contributed by atoms with E-state index in [1.165, 1.54) is 0 Å². The van der Waals surface area contributed by atoms with E-state index in [-0.39, 0.29) is 42.5 Å². The summed E-state index contributed by atoms with van der Waals surface area (Å²) in [6.07, 6.45) is 1.82. The van der Waals surface area contributed by atoms with Crippen molar-refractivity contribution in [2.45, 2.75) is 71.6 Å². The highest BCUT2D eigenvalue weighted by Gasteiger charge is 2.47. The number of carbonyl (C=O) groups excluding carboxylic acids is 5. The number of nitrogens with one attached hydrogen (secondary N) is 3. The van der Waals surface area contributed by atoms with Crippen LogP contribution in [0.4, 0.5) is 4.79 Å². The van der Waals surface area contributed by atoms with Gasteiger partial charge in [-0.05, 0) is 51.0 Å². The number of nitrogens with zero attached hydrogens (tertiary/aromatic N) is 2. The fourth-order valence-corrected chi connectivity index (χ4v) is 5.32. The topological polar surface area (TPSA) is 163 Å². The quantitative estimate of drug-likeness (QED) is 0.281. The summed E-state index contributed by atoms with van der Waals surface area (Å²) in [5.41, 5.74) is 6.91. The summed E-state index contributed by atoms with van der Waals surface area (Å²) in [5, 5.41) is 7.87. The van der Waals surface area contributed by atoms with Gasteiger partial charge in [0.15, 0.2) is 0 Å². The lowest BCUT2D eigenvalue weighted by Crippen LogP contribution is -2.62. The fourth-order valence-electron chi connectivity index (χ4n) is 5.32. The number of hydrogen-bond acceptors (Lipinski definition) is 7. The van der Waals surface area contributed by atoms with E-state index in [2.05, 4.69) is 16.0 Å². The smallest absolute Gasteiger partial charge is 0.410 e. The Labute approximate surface area is 248 Å². The summed E-state index contributed by atoms with van der Waals surface area (Å²) in [4.78, 5) is 66.2. The number of carbonyl (C=O) groups is 5. The van der Waals surface area contributed by atoms with Gasteiger partial charge in [0.2, 0.25) is 23.6 Å². The summed E-state index contributed by atoms with van der Waals surface area (Å²) >= 11 is 0. The molecule has 12 heteroatoms. The zero-order valence-electron chi connectivity index (χ0n) is 25.2. The third-order valence-electron chi connectivity index (χ3n) is 7.66. The SMILES string of the molecule is CC(C)C[C@@H](NC(=O)CNC(=O)C(N)Cc1ccccc1)C(=O)NCC(=O)N1CCC2(CC1)CN(C(=O)OC(C)C)C2. The molecule has 3 rings (SSSR count). The van der Waals surface area contributed by atoms with E-state index in [0.29, 0.717) is 39.0 Å². The first-order valence-corrected chi connectivity index (χ1v) is 14.7. The van der Waals surface area contributed by atoms with Crippen molar-refractivity contribution >= 4 is 29.7 Å². The average molecular weight is 587 g/mol. The minimum Gasteiger partial charge on any atom is -0.447 e. The predicted octanol–water partition coefficient (Wildman–Crippen LogP) is 0.789. The highest BCUT2D eigenvalue weighted by Crippen LogP contribution is 2.40. The molecule has 2 atom stereocenters. The number of amides is 5. The van der Waals surface area contributed by atoms with Gasteiger partial charge in [0.05, 0.1) is 25.2 Å². The first-order valence-electron chi connectivity index (χ1n) is 14.7. The van der Waals surface area contributed by atoms with Crippen LogP contribution in [-0.4, -0.2) is 97.0 Å². The number of nitrogens with two attached hydrogens (primary N) is 1. The van der Waals surface area contributed by atoms with Crippen LogP contribution >= 0.6 is 0 Å². The third-order valence-corrected chi connectivity index (χ3v) is 7.66. The number of piperidine rings is 1. The maximum atomic E-state index is 12.9. The van der Waals surface area contributed by atoms with Gasteiger partial charge < -0.3 is 36.2 Å². The summed E-state index contributed by atoms with van der Waals surface area (Å²) in [7, 11) is 0. The molecule has 0 aliphatic carbocycles. The van der Waals surface area contributed by atoms with Crippen molar-refractivity contribution in [1.82, 2.24) is 25.8 Å². The molecule has 0 radical (unpaired) electrons. The normalized spacial score (nSPS) is 17.3. The molecule has 0 bridgehead atoms. The molecule has 2 saturated heterocycles. The molecular weight excluding hydrogens is 540 g/mol. The standard InChI is InChI=1S/C30H46N6O6/c1-20(2)14-24(34-25(37)16-32-27(39)23(31)15-22-8-6-5-7-9-22)28(40)33-17-26(38)35-12-10-30(11-13-35)18-36(19-30)29(41)42-21(3)4/h5-9,20-21,23-24H,10-19,31H2,1-4H3,(H,32,39)(H,33,40)(H,34,37)/t23?,24-/m1/s1. The van der Waals surface area contributed by atoms with Crippen molar-refractivity contribution < 1.29 is 28.7 Å². The van der Waals surface area contributed by atoms with E-state index in [1.54, 1.807) is 9.80 Å². The van der Waals surface area contributed by atoms with Gasteiger partial charge in [-0.25, -0.2) is 4.79 Å². The minimum absolute atomic E-state index is 0.0174. The molecule has 1 spiro atoms. The third kappa shape index (κ3) is 9.71. The lowest BCUT2D eigenvalue weighted by molar-refractivity contribution is -0.137. The Kier molecular flexibility index (Phi) is 11.7. The number of hydrogen-bond donors (Lipinski definition) is 4. The van der Waals surface area contributed by atoms with Crippen LogP contribution in [0.5, 0.6) is 0 Å². The molecule has 1 unspecified atom stereocenters. The molecule has 42 heavy (non-hydrogen) atoms. The Hall–Kier alpha value is -3.67. The van der Waals surface area contributed by atoms with E-state index in [1.807, 2.05) is 58.0 Å². The van der Waals surface area contributed by atoms with Gasteiger partial charge in [0.25, 0.3) is 0 Å². The molecule has 2 fully saturated rings. The van der Waals surface area contributed by atoms with E-state index < -0.39 is 29.8 Å². The number of ether oxygens (including phenoxy) is 1. The summed E-state index contributed by atoms with van der Waals surface area (Å²) in [5.74, 6) is -1.52. The first kappa shape index (κ1) is 32.8. The highest BCUT2D eigenvalue weighted by molar-refractivity contribution is 5.92. The van der Waals surface area contributed by atoms with Crippen LogP contribution in [0, 0.1) is 11.3 Å². The Balaban J connectivity index is 1.39. The monoisotopic (exact) mass is 586 g/mol. The molecule has 5 N–H and O–H groups in total. The number of rotatable bonds is 12. The second-order valence-corrected chi connectivity index (χ2v) is 12.2. The van der Waals surface area contributed by atoms with Crippen molar-refractivity contribution in [3.63, 3.8) is 0 Å². The summed E-state index contributed by atoms with van der Waals surface area (Å²) < 4.78 is 5.25. The average Bonchev–Trinajstić information content (AvgIpc) is 2.92. The molecule has 5 amide bonds. The molecule has 0 saturated carbocycles. The molecule has 2 aliphatic heterocycles. The van der Waals surface area contributed by atoms with Crippen LogP contribution < -0.4 is 21.7 Å². The van der Waals surface area contributed by atoms with Gasteiger partial charge in [-0.1, -0.05) is 44.2 Å². The number of benzene rings is 1. The maximum absolute atomic E-state index is 12.9. The van der Waals surface area contributed by atoms with E-state index in [9.17, 15) is 24.0 Å². The molecule has 0 aromatic heterocycles. The largest absolute Gasteiger partial charge is 0.447 e. The lowest BCUT2D eigenvalue weighted by Gasteiger charge is -2.53. The molecule has 2 heterocycles. The summed E-state index contributed by atoms with van der Waals surface area (Å²) in [6.45, 7) is 9.38. The van der Waals surface area contributed by atoms with Crippen molar-refractivity contribution in [3.05, 3.63) is 35.9 Å². The van der Waals surface area contributed by atoms with Crippen LogP contribution in [0.2, 0.25) is 0 Å². The Morgan fingerprint density at radius 1 is 0.905 bits per heavy atom. The van der Waals surface area contributed by atoms with Gasteiger partial charge in [-0.2, -0.15) is 0 Å². The van der Waals surface area contributed by atoms with Crippen molar-refractivity contribution in [2.75, 3.05) is 39.3 Å². The zero-order chi connectivity index (χ0) is 30.9. The minimum atomic E-state index is -0.851. The second kappa shape index (κ2) is 15.0. The molecule has 232 valence electrons. The summed E-state index contributed by atoms with van der Waals surface area (Å²) in [6, 6.07) is 7.68.